The molecule has 2 heteroatoms. The van der Waals surface area contributed by atoms with Gasteiger partial charge in [-0.1, -0.05) is 18.2 Å². The van der Waals surface area contributed by atoms with Crippen molar-refractivity contribution in [3.05, 3.63) is 34.9 Å². The summed E-state index contributed by atoms with van der Waals surface area (Å²) in [6, 6.07) is 6.50. The quantitative estimate of drug-likeness (QED) is 0.653. The van der Waals surface area contributed by atoms with Gasteiger partial charge in [0.15, 0.2) is 5.78 Å². The smallest absolute Gasteiger partial charge is 0.160 e. The van der Waals surface area contributed by atoms with Crippen LogP contribution in [0.5, 0.6) is 0 Å². The largest absolute Gasteiger partial charge is 0.299 e. The fourth-order valence-corrected chi connectivity index (χ4v) is 2.32. The van der Waals surface area contributed by atoms with Crippen molar-refractivity contribution in [1.29, 1.82) is 0 Å². The predicted octanol–water partition coefficient (Wildman–Crippen LogP) is 2.44. The van der Waals surface area contributed by atoms with Crippen molar-refractivity contribution < 1.29 is 4.79 Å². The van der Waals surface area contributed by atoms with Gasteiger partial charge in [0.1, 0.15) is 0 Å². The van der Waals surface area contributed by atoms with Crippen LogP contribution in [0.1, 0.15) is 41.4 Å². The summed E-state index contributed by atoms with van der Waals surface area (Å²) < 4.78 is 0. The molecule has 2 nitrogen and oxygen atoms in total. The van der Waals surface area contributed by atoms with Crippen molar-refractivity contribution in [1.82, 2.24) is 4.90 Å². The second-order valence-electron chi connectivity index (χ2n) is 4.34. The van der Waals surface area contributed by atoms with Gasteiger partial charge in [-0.2, -0.15) is 0 Å². The summed E-state index contributed by atoms with van der Waals surface area (Å²) in [5.41, 5.74) is 3.49. The Hall–Kier alpha value is -1.15. The molecule has 1 aromatic rings. The van der Waals surface area contributed by atoms with Gasteiger partial charge in [-0.3, -0.25) is 9.69 Å². The maximum atomic E-state index is 11.5. The highest BCUT2D eigenvalue weighted by Gasteiger charge is 2.23. The van der Waals surface area contributed by atoms with E-state index in [2.05, 4.69) is 24.9 Å². The molecule has 0 radical (unpaired) electrons. The molecule has 0 spiro atoms. The van der Waals surface area contributed by atoms with E-state index < -0.39 is 0 Å². The highest BCUT2D eigenvalue weighted by molar-refractivity contribution is 5.96. The molecule has 0 bridgehead atoms. The molecule has 0 saturated heterocycles. The molecule has 15 heavy (non-hydrogen) atoms. The van der Waals surface area contributed by atoms with E-state index in [0.29, 0.717) is 6.04 Å². The molecule has 0 aliphatic carbocycles. The Morgan fingerprint density at radius 3 is 2.87 bits per heavy atom. The number of hydrogen-bond donors (Lipinski definition) is 0. The Bertz CT molecular complexity index is 398. The lowest BCUT2D eigenvalue weighted by Gasteiger charge is -2.32. The van der Waals surface area contributed by atoms with E-state index in [1.807, 2.05) is 12.1 Å². The van der Waals surface area contributed by atoms with Crippen LogP contribution in [-0.4, -0.2) is 24.3 Å². The van der Waals surface area contributed by atoms with E-state index >= 15 is 0 Å². The van der Waals surface area contributed by atoms with E-state index in [4.69, 9.17) is 0 Å². The number of nitrogens with zero attached hydrogens (tertiary/aromatic N) is 1. The first-order chi connectivity index (χ1) is 7.11. The summed E-state index contributed by atoms with van der Waals surface area (Å²) in [6.45, 7) is 4.89. The second kappa shape index (κ2) is 3.78. The molecular formula is C13H17NO. The topological polar surface area (TPSA) is 20.3 Å². The number of rotatable bonds is 1. The van der Waals surface area contributed by atoms with Crippen LogP contribution < -0.4 is 0 Å². The molecule has 1 aliphatic rings. The van der Waals surface area contributed by atoms with Crippen molar-refractivity contribution in [3.63, 3.8) is 0 Å². The first kappa shape index (κ1) is 10.4. The number of benzene rings is 1. The normalized spacial score (nSPS) is 21.1. The number of fused-ring (bicyclic) bond motifs is 1. The van der Waals surface area contributed by atoms with Crippen molar-refractivity contribution in [2.45, 2.75) is 26.3 Å². The molecule has 1 heterocycles. The van der Waals surface area contributed by atoms with Crippen LogP contribution in [0.2, 0.25) is 0 Å². The predicted molar refractivity (Wildman–Crippen MR) is 61.2 cm³/mol. The van der Waals surface area contributed by atoms with Gasteiger partial charge in [0.05, 0.1) is 0 Å². The van der Waals surface area contributed by atoms with E-state index in [1.165, 1.54) is 11.1 Å². The highest BCUT2D eigenvalue weighted by Crippen LogP contribution is 2.30. The lowest BCUT2D eigenvalue weighted by atomic mass is 9.89. The van der Waals surface area contributed by atoms with Crippen molar-refractivity contribution in [3.8, 4) is 0 Å². The fraction of sp³-hybridized carbons (Fsp3) is 0.462. The Labute approximate surface area is 90.9 Å². The minimum atomic E-state index is 0.184. The fourth-order valence-electron chi connectivity index (χ4n) is 2.32. The van der Waals surface area contributed by atoms with Crippen molar-refractivity contribution >= 4 is 5.78 Å². The first-order valence-corrected chi connectivity index (χ1v) is 5.44. The van der Waals surface area contributed by atoms with E-state index in [1.54, 1.807) is 6.92 Å². The first-order valence-electron chi connectivity index (χ1n) is 5.44. The van der Waals surface area contributed by atoms with Gasteiger partial charge in [0.25, 0.3) is 0 Å². The molecule has 0 aromatic heterocycles. The Balaban J connectivity index is 2.53. The van der Waals surface area contributed by atoms with Gasteiger partial charge in [-0.05, 0) is 38.4 Å². The average molecular weight is 203 g/mol. The number of ketones is 1. The van der Waals surface area contributed by atoms with Gasteiger partial charge in [0.2, 0.25) is 0 Å². The summed E-state index contributed by atoms with van der Waals surface area (Å²) in [5.74, 6) is 0.184. The summed E-state index contributed by atoms with van der Waals surface area (Å²) in [5, 5.41) is 0. The third-order valence-electron chi connectivity index (χ3n) is 3.42. The third-order valence-corrected chi connectivity index (χ3v) is 3.42. The van der Waals surface area contributed by atoms with Crippen LogP contribution in [0, 0.1) is 0 Å². The van der Waals surface area contributed by atoms with Gasteiger partial charge in [-0.25, -0.2) is 0 Å². The van der Waals surface area contributed by atoms with Gasteiger partial charge in [-0.15, -0.1) is 0 Å². The number of carbonyl (C=O) groups is 1. The SMILES string of the molecule is CC(=O)c1cccc2c1CCN(C)C2C. The molecule has 0 N–H and O–H groups in total. The Morgan fingerprint density at radius 2 is 2.20 bits per heavy atom. The van der Waals surface area contributed by atoms with Gasteiger partial charge >= 0.3 is 0 Å². The monoisotopic (exact) mass is 203 g/mol. The molecule has 0 saturated carbocycles. The minimum absolute atomic E-state index is 0.184. The van der Waals surface area contributed by atoms with Gasteiger partial charge < -0.3 is 0 Å². The molecule has 0 fully saturated rings. The number of likely N-dealkylation sites (N-methyl/N-ethyl adjacent to an activating group) is 1. The van der Waals surface area contributed by atoms with Crippen LogP contribution in [0.15, 0.2) is 18.2 Å². The van der Waals surface area contributed by atoms with Crippen LogP contribution in [0.3, 0.4) is 0 Å². The molecular weight excluding hydrogens is 186 g/mol. The highest BCUT2D eigenvalue weighted by atomic mass is 16.1. The van der Waals surface area contributed by atoms with Crippen LogP contribution in [0.4, 0.5) is 0 Å². The van der Waals surface area contributed by atoms with E-state index in [0.717, 1.165) is 18.5 Å². The second-order valence-corrected chi connectivity index (χ2v) is 4.34. The zero-order valence-corrected chi connectivity index (χ0v) is 9.58. The molecule has 80 valence electrons. The molecule has 1 aliphatic heterocycles. The summed E-state index contributed by atoms with van der Waals surface area (Å²) in [6.07, 6.45) is 0.992. The Kier molecular flexibility index (Phi) is 2.61. The molecule has 1 aromatic carbocycles. The molecule has 1 atom stereocenters. The molecule has 1 unspecified atom stereocenters. The van der Waals surface area contributed by atoms with Crippen LogP contribution in [-0.2, 0) is 6.42 Å². The number of Topliss-reactive ketones (excluding diaryl/α,β-unsaturated/α-hetero) is 1. The lowest BCUT2D eigenvalue weighted by molar-refractivity contribution is 0.101. The maximum Gasteiger partial charge on any atom is 0.160 e. The van der Waals surface area contributed by atoms with E-state index in [-0.39, 0.29) is 5.78 Å². The van der Waals surface area contributed by atoms with E-state index in [9.17, 15) is 4.79 Å². The average Bonchev–Trinajstić information content (AvgIpc) is 2.23. The van der Waals surface area contributed by atoms with Crippen LogP contribution in [0.25, 0.3) is 0 Å². The Morgan fingerprint density at radius 1 is 1.47 bits per heavy atom. The zero-order chi connectivity index (χ0) is 11.0. The van der Waals surface area contributed by atoms with Crippen LogP contribution >= 0.6 is 0 Å². The minimum Gasteiger partial charge on any atom is -0.299 e. The molecule has 0 amide bonds. The van der Waals surface area contributed by atoms with Crippen molar-refractivity contribution in [2.75, 3.05) is 13.6 Å². The summed E-state index contributed by atoms with van der Waals surface area (Å²) >= 11 is 0. The summed E-state index contributed by atoms with van der Waals surface area (Å²) in [4.78, 5) is 13.8. The number of hydrogen-bond acceptors (Lipinski definition) is 2. The number of carbonyl (C=O) groups excluding carboxylic acids is 1. The third kappa shape index (κ3) is 1.70. The summed E-state index contributed by atoms with van der Waals surface area (Å²) in [7, 11) is 2.13. The van der Waals surface area contributed by atoms with Crippen molar-refractivity contribution in [2.24, 2.45) is 0 Å². The standard InChI is InChI=1S/C13H17NO/c1-9-11-5-4-6-12(10(2)15)13(11)7-8-14(9)3/h4-6,9H,7-8H2,1-3H3. The zero-order valence-electron chi connectivity index (χ0n) is 9.58. The van der Waals surface area contributed by atoms with Gasteiger partial charge in [0, 0.05) is 18.2 Å². The maximum absolute atomic E-state index is 11.5. The molecule has 2 rings (SSSR count). The lowest BCUT2D eigenvalue weighted by Crippen LogP contribution is -2.31.